The van der Waals surface area contributed by atoms with Gasteiger partial charge in [0.05, 0.1) is 23.5 Å². The Kier molecular flexibility index (Phi) is 5.20. The molecule has 3 rings (SSSR count). The average Bonchev–Trinajstić information content (AvgIpc) is 2.54. The summed E-state index contributed by atoms with van der Waals surface area (Å²) in [6.07, 6.45) is 1.46. The van der Waals surface area contributed by atoms with Gasteiger partial charge in [0.1, 0.15) is 11.0 Å². The molecule has 0 spiro atoms. The van der Waals surface area contributed by atoms with Gasteiger partial charge in [-0.05, 0) is 44.2 Å². The third-order valence-electron chi connectivity index (χ3n) is 3.96. The van der Waals surface area contributed by atoms with Crippen LogP contribution in [-0.4, -0.2) is 36.2 Å². The number of anilines is 2. The molecule has 1 aromatic heterocycles. The third-order valence-corrected chi connectivity index (χ3v) is 4.18. The maximum absolute atomic E-state index is 14.5. The quantitative estimate of drug-likeness (QED) is 0.844. The molecule has 5 nitrogen and oxygen atoms in total. The molecule has 132 valence electrons. The zero-order chi connectivity index (χ0) is 18.0. The zero-order valence-electron chi connectivity index (χ0n) is 14.0. The van der Waals surface area contributed by atoms with E-state index in [0.29, 0.717) is 35.2 Å². The number of carbonyl (C=O) groups is 1. The summed E-state index contributed by atoms with van der Waals surface area (Å²) in [5, 5.41) is 2.97. The summed E-state index contributed by atoms with van der Waals surface area (Å²) in [6, 6.07) is 7.77. The topological polar surface area (TPSA) is 54.5 Å². The van der Waals surface area contributed by atoms with Crippen LogP contribution in [0.5, 0.6) is 0 Å². The number of amides is 1. The number of nitrogens with zero attached hydrogens (tertiary/aromatic N) is 2. The Hall–Kier alpha value is -2.18. The highest BCUT2D eigenvalue weighted by atomic mass is 35.5. The first-order valence-electron chi connectivity index (χ1n) is 8.05. The fourth-order valence-corrected chi connectivity index (χ4v) is 3.04. The Bertz CT molecular complexity index is 759. The van der Waals surface area contributed by atoms with Crippen molar-refractivity contribution in [2.45, 2.75) is 26.1 Å². The van der Waals surface area contributed by atoms with Crippen molar-refractivity contribution in [1.82, 2.24) is 4.98 Å². The van der Waals surface area contributed by atoms with Gasteiger partial charge in [-0.15, -0.1) is 0 Å². The van der Waals surface area contributed by atoms with E-state index in [1.807, 2.05) is 18.7 Å². The number of benzene rings is 1. The molecule has 1 saturated heterocycles. The van der Waals surface area contributed by atoms with Gasteiger partial charge >= 0.3 is 0 Å². The van der Waals surface area contributed by atoms with E-state index in [4.69, 9.17) is 16.3 Å². The van der Waals surface area contributed by atoms with Crippen molar-refractivity contribution in [3.63, 3.8) is 0 Å². The third kappa shape index (κ3) is 4.27. The summed E-state index contributed by atoms with van der Waals surface area (Å²) in [5.41, 5.74) is 1.24. The summed E-state index contributed by atoms with van der Waals surface area (Å²) in [6.45, 7) is 5.19. The molecule has 1 aliphatic rings. The van der Waals surface area contributed by atoms with Gasteiger partial charge in [-0.25, -0.2) is 9.37 Å². The SMILES string of the molecule is CC1CN(c2ccc(NC(=O)c3ccc(Cl)nc3)cc2F)CC(C)O1. The molecule has 2 unspecified atom stereocenters. The van der Waals surface area contributed by atoms with Crippen LogP contribution in [-0.2, 0) is 4.74 Å². The van der Waals surface area contributed by atoms with Crippen LogP contribution >= 0.6 is 11.6 Å². The second-order valence-corrected chi connectivity index (χ2v) is 6.54. The van der Waals surface area contributed by atoms with Crippen LogP contribution in [0.2, 0.25) is 5.15 Å². The molecule has 25 heavy (non-hydrogen) atoms. The Morgan fingerprint density at radius 2 is 2.00 bits per heavy atom. The summed E-state index contributed by atoms with van der Waals surface area (Å²) in [4.78, 5) is 18.0. The van der Waals surface area contributed by atoms with Crippen molar-refractivity contribution in [3.8, 4) is 0 Å². The minimum Gasteiger partial charge on any atom is -0.372 e. The first kappa shape index (κ1) is 17.6. The average molecular weight is 364 g/mol. The molecule has 1 N–H and O–H groups in total. The van der Waals surface area contributed by atoms with E-state index in [0.717, 1.165) is 0 Å². The number of carbonyl (C=O) groups excluding carboxylic acids is 1. The Balaban J connectivity index is 1.73. The molecule has 7 heteroatoms. The van der Waals surface area contributed by atoms with E-state index in [9.17, 15) is 9.18 Å². The standard InChI is InChI=1S/C18H19ClFN3O2/c1-11-9-23(10-12(2)25-11)16-5-4-14(7-15(16)20)22-18(24)13-3-6-17(19)21-8-13/h3-8,11-12H,9-10H2,1-2H3,(H,22,24). The predicted octanol–water partition coefficient (Wildman–Crippen LogP) is 3.74. The zero-order valence-corrected chi connectivity index (χ0v) is 14.8. The highest BCUT2D eigenvalue weighted by Crippen LogP contribution is 2.26. The molecule has 2 aromatic rings. The Labute approximate surface area is 150 Å². The molecular formula is C18H19ClFN3O2. The number of hydrogen-bond donors (Lipinski definition) is 1. The molecule has 1 aliphatic heterocycles. The van der Waals surface area contributed by atoms with Gasteiger partial charge in [0.2, 0.25) is 0 Å². The van der Waals surface area contributed by atoms with Gasteiger partial charge in [-0.1, -0.05) is 11.6 Å². The van der Waals surface area contributed by atoms with Crippen LogP contribution in [0.25, 0.3) is 0 Å². The first-order valence-corrected chi connectivity index (χ1v) is 8.43. The van der Waals surface area contributed by atoms with Gasteiger partial charge in [0.15, 0.2) is 0 Å². The van der Waals surface area contributed by atoms with Gasteiger partial charge in [-0.3, -0.25) is 4.79 Å². The van der Waals surface area contributed by atoms with Gasteiger partial charge in [-0.2, -0.15) is 0 Å². The van der Waals surface area contributed by atoms with Crippen molar-refractivity contribution in [2.24, 2.45) is 0 Å². The number of pyridine rings is 1. The number of halogens is 2. The molecule has 1 fully saturated rings. The monoisotopic (exact) mass is 363 g/mol. The smallest absolute Gasteiger partial charge is 0.257 e. The number of aromatic nitrogens is 1. The molecule has 0 radical (unpaired) electrons. The normalized spacial score (nSPS) is 20.4. The number of hydrogen-bond acceptors (Lipinski definition) is 4. The minimum atomic E-state index is -0.381. The molecular weight excluding hydrogens is 345 g/mol. The lowest BCUT2D eigenvalue weighted by molar-refractivity contribution is -0.00539. The first-order chi connectivity index (χ1) is 11.9. The highest BCUT2D eigenvalue weighted by Gasteiger charge is 2.24. The molecule has 1 aromatic carbocycles. The summed E-state index contributed by atoms with van der Waals surface area (Å²) < 4.78 is 20.2. The second kappa shape index (κ2) is 7.37. The molecule has 1 amide bonds. The lowest BCUT2D eigenvalue weighted by atomic mass is 10.1. The van der Waals surface area contributed by atoms with Gasteiger partial charge < -0.3 is 15.0 Å². The van der Waals surface area contributed by atoms with Crippen LogP contribution in [0.4, 0.5) is 15.8 Å². The molecule has 2 atom stereocenters. The van der Waals surface area contributed by atoms with Gasteiger partial charge in [0, 0.05) is 25.0 Å². The van der Waals surface area contributed by atoms with E-state index in [-0.39, 0.29) is 23.9 Å². The second-order valence-electron chi connectivity index (χ2n) is 6.15. The Morgan fingerprint density at radius 3 is 2.60 bits per heavy atom. The molecule has 2 heterocycles. The van der Waals surface area contributed by atoms with Crippen molar-refractivity contribution >= 4 is 28.9 Å². The summed E-state index contributed by atoms with van der Waals surface area (Å²) in [5.74, 6) is -0.752. The van der Waals surface area contributed by atoms with E-state index >= 15 is 0 Å². The fourth-order valence-electron chi connectivity index (χ4n) is 2.93. The number of nitrogens with one attached hydrogen (secondary N) is 1. The van der Waals surface area contributed by atoms with Crippen LogP contribution < -0.4 is 10.2 Å². The largest absolute Gasteiger partial charge is 0.372 e. The number of rotatable bonds is 3. The molecule has 0 saturated carbocycles. The maximum atomic E-state index is 14.5. The molecule has 0 aliphatic carbocycles. The van der Waals surface area contributed by atoms with Crippen molar-refractivity contribution in [3.05, 3.63) is 53.1 Å². The van der Waals surface area contributed by atoms with E-state index in [1.54, 1.807) is 18.2 Å². The van der Waals surface area contributed by atoms with Crippen LogP contribution in [0.3, 0.4) is 0 Å². The minimum absolute atomic E-state index is 0.0416. The van der Waals surface area contributed by atoms with Crippen molar-refractivity contribution in [1.29, 1.82) is 0 Å². The maximum Gasteiger partial charge on any atom is 0.257 e. The van der Waals surface area contributed by atoms with Crippen LogP contribution in [0.1, 0.15) is 24.2 Å². The van der Waals surface area contributed by atoms with E-state index in [1.165, 1.54) is 18.3 Å². The Morgan fingerprint density at radius 1 is 1.28 bits per heavy atom. The van der Waals surface area contributed by atoms with Gasteiger partial charge in [0.25, 0.3) is 5.91 Å². The van der Waals surface area contributed by atoms with Crippen LogP contribution in [0, 0.1) is 5.82 Å². The number of ether oxygens (including phenoxy) is 1. The fraction of sp³-hybridized carbons (Fsp3) is 0.333. The highest BCUT2D eigenvalue weighted by molar-refractivity contribution is 6.29. The van der Waals surface area contributed by atoms with E-state index in [2.05, 4.69) is 10.3 Å². The number of morpholine rings is 1. The lowest BCUT2D eigenvalue weighted by Gasteiger charge is -2.37. The van der Waals surface area contributed by atoms with Crippen molar-refractivity contribution < 1.29 is 13.9 Å². The van der Waals surface area contributed by atoms with E-state index < -0.39 is 0 Å². The van der Waals surface area contributed by atoms with Crippen molar-refractivity contribution in [2.75, 3.05) is 23.3 Å². The summed E-state index contributed by atoms with van der Waals surface area (Å²) in [7, 11) is 0. The summed E-state index contributed by atoms with van der Waals surface area (Å²) >= 11 is 5.70. The lowest BCUT2D eigenvalue weighted by Crippen LogP contribution is -2.45. The molecule has 0 bridgehead atoms. The predicted molar refractivity (Wildman–Crippen MR) is 95.8 cm³/mol. The van der Waals surface area contributed by atoms with Crippen LogP contribution in [0.15, 0.2) is 36.5 Å².